The lowest BCUT2D eigenvalue weighted by atomic mass is 9.78. The van der Waals surface area contributed by atoms with Crippen LogP contribution in [0.2, 0.25) is 0 Å². The Morgan fingerprint density at radius 3 is 1.83 bits per heavy atom. The van der Waals surface area contributed by atoms with Gasteiger partial charge in [-0.2, -0.15) is 0 Å². The Balaban J connectivity index is 2.51. The van der Waals surface area contributed by atoms with Gasteiger partial charge < -0.3 is 5.11 Å². The second-order valence-electron chi connectivity index (χ2n) is 8.96. The molecule has 0 radical (unpaired) electrons. The average Bonchev–Trinajstić information content (AvgIpc) is 2.64. The summed E-state index contributed by atoms with van der Waals surface area (Å²) in [6.07, 6.45) is 0.287. The molecule has 4 nitrogen and oxygen atoms in total. The first-order chi connectivity index (χ1) is 10.8. The van der Waals surface area contributed by atoms with Crippen LogP contribution in [-0.4, -0.2) is 21.8 Å². The maximum absolute atomic E-state index is 12.2. The summed E-state index contributed by atoms with van der Waals surface area (Å²) in [5, 5.41) is 10.7. The fraction of sp³-hybridized carbons (Fsp3) is 0.600. The van der Waals surface area contributed by atoms with Gasteiger partial charge in [0.25, 0.3) is 0 Å². The monoisotopic (exact) mass is 331 g/mol. The van der Waals surface area contributed by atoms with Gasteiger partial charge in [0.1, 0.15) is 5.75 Å². The predicted octanol–water partition coefficient (Wildman–Crippen LogP) is 3.88. The van der Waals surface area contributed by atoms with Gasteiger partial charge in [0, 0.05) is 12.3 Å². The number of carbonyl (C=O) groups is 2. The van der Waals surface area contributed by atoms with Gasteiger partial charge in [-0.1, -0.05) is 48.5 Å². The van der Waals surface area contributed by atoms with E-state index in [1.165, 1.54) is 4.90 Å². The summed E-state index contributed by atoms with van der Waals surface area (Å²) < 4.78 is 0. The summed E-state index contributed by atoms with van der Waals surface area (Å²) in [5.74, 6) is -0.150. The predicted molar refractivity (Wildman–Crippen MR) is 94.8 cm³/mol. The molecule has 0 bridgehead atoms. The van der Waals surface area contributed by atoms with E-state index in [1.807, 2.05) is 53.7 Å². The highest BCUT2D eigenvalue weighted by atomic mass is 16.3. The van der Waals surface area contributed by atoms with Gasteiger partial charge >= 0.3 is 0 Å². The molecule has 1 saturated heterocycles. The van der Waals surface area contributed by atoms with Crippen LogP contribution in [0.3, 0.4) is 0 Å². The number of phenolic OH excluding ortho intramolecular Hbond substituents is 1. The van der Waals surface area contributed by atoms with Crippen molar-refractivity contribution in [1.82, 2.24) is 4.90 Å². The number of rotatable bonds is 2. The van der Waals surface area contributed by atoms with E-state index in [-0.39, 0.29) is 41.5 Å². The van der Waals surface area contributed by atoms with Crippen molar-refractivity contribution in [2.75, 3.05) is 0 Å². The Labute approximate surface area is 144 Å². The van der Waals surface area contributed by atoms with E-state index in [9.17, 15) is 14.7 Å². The Hall–Kier alpha value is -1.84. The van der Waals surface area contributed by atoms with E-state index in [1.54, 1.807) is 6.92 Å². The third-order valence-electron chi connectivity index (χ3n) is 4.60. The zero-order valence-electron chi connectivity index (χ0n) is 15.9. The van der Waals surface area contributed by atoms with Crippen molar-refractivity contribution >= 4 is 11.8 Å². The molecule has 2 rings (SSSR count). The molecule has 1 aliphatic heterocycles. The normalized spacial score (nSPS) is 19.3. The summed E-state index contributed by atoms with van der Waals surface area (Å²) in [4.78, 5) is 25.6. The number of likely N-dealkylation sites (tertiary alicyclic amines) is 1. The summed E-state index contributed by atoms with van der Waals surface area (Å²) in [6.45, 7) is 14.4. The molecule has 1 aliphatic rings. The minimum Gasteiger partial charge on any atom is -0.507 e. The smallest absolute Gasteiger partial charge is 0.232 e. The second-order valence-corrected chi connectivity index (χ2v) is 8.96. The zero-order chi connectivity index (χ0) is 18.4. The van der Waals surface area contributed by atoms with Crippen LogP contribution in [0.25, 0.3) is 0 Å². The minimum absolute atomic E-state index is 0.109. The lowest BCUT2D eigenvalue weighted by Crippen LogP contribution is -2.30. The van der Waals surface area contributed by atoms with Crippen LogP contribution in [0.15, 0.2) is 12.1 Å². The molecule has 1 fully saturated rings. The first-order valence-electron chi connectivity index (χ1n) is 8.53. The summed E-state index contributed by atoms with van der Waals surface area (Å²) in [5.41, 5.74) is 2.12. The molecule has 4 heteroatoms. The van der Waals surface area contributed by atoms with Crippen LogP contribution in [0.1, 0.15) is 71.6 Å². The highest BCUT2D eigenvalue weighted by Gasteiger charge is 2.36. The van der Waals surface area contributed by atoms with Crippen LogP contribution in [0, 0.1) is 5.92 Å². The number of aromatic hydroxyl groups is 1. The average molecular weight is 331 g/mol. The van der Waals surface area contributed by atoms with E-state index >= 15 is 0 Å². The van der Waals surface area contributed by atoms with Crippen LogP contribution in [0.5, 0.6) is 5.75 Å². The van der Waals surface area contributed by atoms with Gasteiger partial charge in [-0.05, 0) is 39.7 Å². The van der Waals surface area contributed by atoms with Crippen molar-refractivity contribution < 1.29 is 14.7 Å². The van der Waals surface area contributed by atoms with E-state index < -0.39 is 0 Å². The number of hydrogen-bond acceptors (Lipinski definition) is 3. The molecule has 0 spiro atoms. The summed E-state index contributed by atoms with van der Waals surface area (Å²) in [7, 11) is 0. The van der Waals surface area contributed by atoms with E-state index in [0.29, 0.717) is 5.75 Å². The Bertz CT molecular complexity index is 642. The fourth-order valence-corrected chi connectivity index (χ4v) is 3.13. The molecular weight excluding hydrogens is 302 g/mol. The molecule has 1 unspecified atom stereocenters. The first kappa shape index (κ1) is 18.5. The Kier molecular flexibility index (Phi) is 4.55. The lowest BCUT2D eigenvalue weighted by Gasteiger charge is -2.29. The fourth-order valence-electron chi connectivity index (χ4n) is 3.13. The van der Waals surface area contributed by atoms with Crippen molar-refractivity contribution in [2.24, 2.45) is 5.92 Å². The SMILES string of the molecule is CC1CC(=O)N(Cc2cc(C(C)(C)C)c(O)c(C(C)(C)C)c2)C1=O. The molecule has 132 valence electrons. The van der Waals surface area contributed by atoms with Crippen molar-refractivity contribution in [3.05, 3.63) is 28.8 Å². The number of phenols is 1. The van der Waals surface area contributed by atoms with Crippen molar-refractivity contribution in [3.8, 4) is 5.75 Å². The molecule has 2 amide bonds. The number of nitrogens with zero attached hydrogens (tertiary/aromatic N) is 1. The second kappa shape index (κ2) is 5.91. The number of amides is 2. The number of hydrogen-bond donors (Lipinski definition) is 1. The number of carbonyl (C=O) groups excluding carboxylic acids is 2. The van der Waals surface area contributed by atoms with Gasteiger partial charge in [-0.3, -0.25) is 14.5 Å². The summed E-state index contributed by atoms with van der Waals surface area (Å²) in [6, 6.07) is 3.85. The van der Waals surface area contributed by atoms with Gasteiger partial charge in [0.2, 0.25) is 11.8 Å². The van der Waals surface area contributed by atoms with Gasteiger partial charge in [0.15, 0.2) is 0 Å². The highest BCUT2D eigenvalue weighted by Crippen LogP contribution is 2.40. The molecule has 1 atom stereocenters. The zero-order valence-corrected chi connectivity index (χ0v) is 15.9. The number of benzene rings is 1. The maximum Gasteiger partial charge on any atom is 0.232 e. The van der Waals surface area contributed by atoms with Crippen LogP contribution in [0.4, 0.5) is 0 Å². The molecule has 1 heterocycles. The largest absolute Gasteiger partial charge is 0.507 e. The standard InChI is InChI=1S/C20H29NO3/c1-12-8-16(22)21(18(12)24)11-13-9-14(19(2,3)4)17(23)15(10-13)20(5,6)7/h9-10,12,23H,8,11H2,1-7H3. The minimum atomic E-state index is -0.237. The maximum atomic E-state index is 12.2. The van der Waals surface area contributed by atoms with E-state index in [4.69, 9.17) is 0 Å². The first-order valence-corrected chi connectivity index (χ1v) is 8.53. The molecule has 1 aromatic carbocycles. The molecule has 0 aliphatic carbocycles. The van der Waals surface area contributed by atoms with Crippen molar-refractivity contribution in [1.29, 1.82) is 0 Å². The molecular formula is C20H29NO3. The number of imide groups is 1. The third-order valence-corrected chi connectivity index (χ3v) is 4.60. The topological polar surface area (TPSA) is 57.6 Å². The molecule has 1 N–H and O–H groups in total. The quantitative estimate of drug-likeness (QED) is 0.837. The van der Waals surface area contributed by atoms with Crippen molar-refractivity contribution in [3.63, 3.8) is 0 Å². The molecule has 0 saturated carbocycles. The lowest BCUT2D eigenvalue weighted by molar-refractivity contribution is -0.139. The van der Waals surface area contributed by atoms with Crippen LogP contribution >= 0.6 is 0 Å². The van der Waals surface area contributed by atoms with E-state index in [0.717, 1.165) is 16.7 Å². The molecule has 24 heavy (non-hydrogen) atoms. The summed E-state index contributed by atoms with van der Waals surface area (Å²) >= 11 is 0. The third kappa shape index (κ3) is 3.47. The van der Waals surface area contributed by atoms with Gasteiger partial charge in [-0.25, -0.2) is 0 Å². The van der Waals surface area contributed by atoms with E-state index in [2.05, 4.69) is 0 Å². The van der Waals surface area contributed by atoms with Gasteiger partial charge in [0.05, 0.1) is 6.54 Å². The Morgan fingerprint density at radius 2 is 1.50 bits per heavy atom. The highest BCUT2D eigenvalue weighted by molar-refractivity contribution is 6.03. The Morgan fingerprint density at radius 1 is 1.04 bits per heavy atom. The van der Waals surface area contributed by atoms with Crippen molar-refractivity contribution in [2.45, 2.75) is 72.3 Å². The molecule has 1 aromatic rings. The van der Waals surface area contributed by atoms with Crippen LogP contribution < -0.4 is 0 Å². The van der Waals surface area contributed by atoms with Crippen LogP contribution in [-0.2, 0) is 27.0 Å². The molecule has 0 aromatic heterocycles. The van der Waals surface area contributed by atoms with Gasteiger partial charge in [-0.15, -0.1) is 0 Å².